The molecule has 0 fully saturated rings. The fraction of sp³-hybridized carbons (Fsp3) is 0.0769. The summed E-state index contributed by atoms with van der Waals surface area (Å²) in [5.74, 6) is -0.269. The van der Waals surface area contributed by atoms with Crippen LogP contribution in [0.25, 0.3) is 11.3 Å². The van der Waals surface area contributed by atoms with Gasteiger partial charge >= 0.3 is 0 Å². The molecular weight excluding hydrogens is 298 g/mol. The van der Waals surface area contributed by atoms with E-state index in [2.05, 4.69) is 21.2 Å². The average Bonchev–Trinajstić information content (AvgIpc) is 2.77. The summed E-state index contributed by atoms with van der Waals surface area (Å²) in [4.78, 5) is 22.3. The van der Waals surface area contributed by atoms with Gasteiger partial charge in [0, 0.05) is 17.0 Å². The van der Waals surface area contributed by atoms with E-state index in [0.29, 0.717) is 5.76 Å². The smallest absolute Gasteiger partial charge is 0.293 e. The third-order valence-corrected chi connectivity index (χ3v) is 2.72. The molecule has 2 rings (SSSR count). The first-order chi connectivity index (χ1) is 8.56. The number of carbonyl (C=O) groups is 2. The van der Waals surface area contributed by atoms with E-state index >= 15 is 0 Å². The van der Waals surface area contributed by atoms with Crippen molar-refractivity contribution in [3.8, 4) is 11.3 Å². The molecule has 0 aliphatic heterocycles. The molecule has 0 spiro atoms. The summed E-state index contributed by atoms with van der Waals surface area (Å²) in [5, 5.41) is 2.15. The number of halogens is 1. The average molecular weight is 308 g/mol. The minimum Gasteiger partial charge on any atom is -0.451 e. The molecule has 18 heavy (non-hydrogen) atoms. The summed E-state index contributed by atoms with van der Waals surface area (Å²) < 4.78 is 6.32. The number of imide groups is 1. The third kappa shape index (κ3) is 2.87. The zero-order chi connectivity index (χ0) is 13.1. The maximum absolute atomic E-state index is 11.5. The van der Waals surface area contributed by atoms with Crippen LogP contribution in [0.5, 0.6) is 0 Å². The van der Waals surface area contributed by atoms with Gasteiger partial charge < -0.3 is 4.42 Å². The van der Waals surface area contributed by atoms with Crippen molar-refractivity contribution >= 4 is 27.7 Å². The molecule has 1 N–H and O–H groups in total. The van der Waals surface area contributed by atoms with Gasteiger partial charge in [0.2, 0.25) is 5.91 Å². The van der Waals surface area contributed by atoms with Crippen molar-refractivity contribution in [2.75, 3.05) is 0 Å². The fourth-order valence-electron chi connectivity index (χ4n) is 1.48. The van der Waals surface area contributed by atoms with Crippen LogP contribution in [-0.2, 0) is 4.79 Å². The molecule has 1 heterocycles. The van der Waals surface area contributed by atoms with Gasteiger partial charge in [0.05, 0.1) is 0 Å². The molecule has 0 aliphatic rings. The molecule has 0 saturated carbocycles. The Morgan fingerprint density at radius 3 is 2.67 bits per heavy atom. The Kier molecular flexibility index (Phi) is 3.62. The van der Waals surface area contributed by atoms with E-state index in [0.717, 1.165) is 10.0 Å². The quantitative estimate of drug-likeness (QED) is 0.928. The Hall–Kier alpha value is -1.88. The van der Waals surface area contributed by atoms with E-state index in [1.807, 2.05) is 24.3 Å². The first-order valence-electron chi connectivity index (χ1n) is 5.24. The lowest BCUT2D eigenvalue weighted by Gasteiger charge is -1.98. The highest BCUT2D eigenvalue weighted by molar-refractivity contribution is 9.10. The molecular formula is C13H10BrNO3. The highest BCUT2D eigenvalue weighted by atomic mass is 79.9. The molecule has 1 aromatic carbocycles. The summed E-state index contributed by atoms with van der Waals surface area (Å²) in [6.07, 6.45) is 0. The predicted octanol–water partition coefficient (Wildman–Crippen LogP) is 2.99. The van der Waals surface area contributed by atoms with Crippen molar-refractivity contribution in [2.24, 2.45) is 0 Å². The zero-order valence-electron chi connectivity index (χ0n) is 9.57. The van der Waals surface area contributed by atoms with Gasteiger partial charge in [0.15, 0.2) is 5.76 Å². The Bertz CT molecular complexity index is 604. The summed E-state index contributed by atoms with van der Waals surface area (Å²) in [5.41, 5.74) is 0.853. The Labute approximate surface area is 112 Å². The van der Waals surface area contributed by atoms with Crippen molar-refractivity contribution in [1.29, 1.82) is 0 Å². The normalized spacial score (nSPS) is 10.1. The van der Waals surface area contributed by atoms with Gasteiger partial charge in [0.25, 0.3) is 5.91 Å². The Morgan fingerprint density at radius 2 is 2.00 bits per heavy atom. The second-order valence-electron chi connectivity index (χ2n) is 3.68. The molecule has 4 nitrogen and oxygen atoms in total. The lowest BCUT2D eigenvalue weighted by Crippen LogP contribution is -2.27. The highest BCUT2D eigenvalue weighted by Gasteiger charge is 2.13. The monoisotopic (exact) mass is 307 g/mol. The van der Waals surface area contributed by atoms with Crippen molar-refractivity contribution in [1.82, 2.24) is 5.32 Å². The minimum absolute atomic E-state index is 0.111. The Balaban J connectivity index is 2.25. The van der Waals surface area contributed by atoms with Crippen LogP contribution in [0.3, 0.4) is 0 Å². The molecule has 92 valence electrons. The van der Waals surface area contributed by atoms with Gasteiger partial charge in [0.1, 0.15) is 5.76 Å². The molecule has 0 unspecified atom stereocenters. The summed E-state index contributed by atoms with van der Waals surface area (Å²) >= 11 is 3.36. The molecule has 0 aliphatic carbocycles. The van der Waals surface area contributed by atoms with E-state index in [4.69, 9.17) is 4.42 Å². The van der Waals surface area contributed by atoms with Crippen molar-refractivity contribution in [3.63, 3.8) is 0 Å². The van der Waals surface area contributed by atoms with Crippen LogP contribution in [-0.4, -0.2) is 11.8 Å². The largest absolute Gasteiger partial charge is 0.451 e. The van der Waals surface area contributed by atoms with Crippen LogP contribution >= 0.6 is 15.9 Å². The second-order valence-corrected chi connectivity index (χ2v) is 4.60. The number of amides is 2. The predicted molar refractivity (Wildman–Crippen MR) is 70.0 cm³/mol. The van der Waals surface area contributed by atoms with Crippen molar-refractivity contribution in [3.05, 3.63) is 46.6 Å². The maximum atomic E-state index is 11.5. The number of carbonyl (C=O) groups excluding carboxylic acids is 2. The van der Waals surface area contributed by atoms with Gasteiger partial charge in [-0.3, -0.25) is 14.9 Å². The van der Waals surface area contributed by atoms with E-state index < -0.39 is 11.8 Å². The summed E-state index contributed by atoms with van der Waals surface area (Å²) in [6.45, 7) is 1.27. The summed E-state index contributed by atoms with van der Waals surface area (Å²) in [7, 11) is 0. The highest BCUT2D eigenvalue weighted by Crippen LogP contribution is 2.24. The van der Waals surface area contributed by atoms with Crippen LogP contribution in [0, 0.1) is 0 Å². The number of nitrogens with one attached hydrogen (secondary N) is 1. The third-order valence-electron chi connectivity index (χ3n) is 2.23. The van der Waals surface area contributed by atoms with Gasteiger partial charge in [-0.15, -0.1) is 0 Å². The van der Waals surface area contributed by atoms with Crippen LogP contribution in [0.4, 0.5) is 0 Å². The van der Waals surface area contributed by atoms with Crippen LogP contribution < -0.4 is 5.32 Å². The first kappa shape index (κ1) is 12.6. The molecule has 0 bridgehead atoms. The number of hydrogen-bond donors (Lipinski definition) is 1. The molecule has 2 amide bonds. The lowest BCUT2D eigenvalue weighted by atomic mass is 10.2. The van der Waals surface area contributed by atoms with E-state index in [-0.39, 0.29) is 5.76 Å². The Morgan fingerprint density at radius 1 is 1.22 bits per heavy atom. The first-order valence-corrected chi connectivity index (χ1v) is 6.03. The zero-order valence-corrected chi connectivity index (χ0v) is 11.2. The SMILES string of the molecule is CC(=O)NC(=O)c1ccc(-c2cccc(Br)c2)o1. The van der Waals surface area contributed by atoms with Crippen molar-refractivity contribution in [2.45, 2.75) is 6.92 Å². The van der Waals surface area contributed by atoms with Crippen LogP contribution in [0.2, 0.25) is 0 Å². The number of benzene rings is 1. The molecule has 0 radical (unpaired) electrons. The minimum atomic E-state index is -0.538. The second kappa shape index (κ2) is 5.18. The maximum Gasteiger partial charge on any atom is 0.293 e. The number of rotatable bonds is 2. The molecule has 0 atom stereocenters. The standard InChI is InChI=1S/C13H10BrNO3/c1-8(16)15-13(17)12-6-5-11(18-12)9-3-2-4-10(14)7-9/h2-7H,1H3,(H,15,16,17). The van der Waals surface area contributed by atoms with E-state index in [1.54, 1.807) is 6.07 Å². The van der Waals surface area contributed by atoms with Gasteiger partial charge in [-0.05, 0) is 24.3 Å². The van der Waals surface area contributed by atoms with E-state index in [9.17, 15) is 9.59 Å². The number of furan rings is 1. The van der Waals surface area contributed by atoms with Gasteiger partial charge in [-0.1, -0.05) is 28.1 Å². The van der Waals surface area contributed by atoms with Gasteiger partial charge in [-0.25, -0.2) is 0 Å². The molecule has 2 aromatic rings. The number of hydrogen-bond acceptors (Lipinski definition) is 3. The topological polar surface area (TPSA) is 59.3 Å². The van der Waals surface area contributed by atoms with Crippen LogP contribution in [0.1, 0.15) is 17.5 Å². The van der Waals surface area contributed by atoms with E-state index in [1.165, 1.54) is 13.0 Å². The fourth-order valence-corrected chi connectivity index (χ4v) is 1.88. The lowest BCUT2D eigenvalue weighted by molar-refractivity contribution is -0.118. The van der Waals surface area contributed by atoms with Gasteiger partial charge in [-0.2, -0.15) is 0 Å². The molecule has 1 aromatic heterocycles. The molecule has 0 saturated heterocycles. The summed E-state index contributed by atoms with van der Waals surface area (Å²) in [6, 6.07) is 10.8. The molecule has 5 heteroatoms. The van der Waals surface area contributed by atoms with Crippen molar-refractivity contribution < 1.29 is 14.0 Å². The van der Waals surface area contributed by atoms with Crippen LogP contribution in [0.15, 0.2) is 45.3 Å².